The molecule has 1 heterocycles. The van der Waals surface area contributed by atoms with Crippen molar-refractivity contribution >= 4 is 23.6 Å². The van der Waals surface area contributed by atoms with Crippen molar-refractivity contribution in [2.75, 3.05) is 25.4 Å². The molecule has 0 atom stereocenters. The van der Waals surface area contributed by atoms with Gasteiger partial charge in [-0.05, 0) is 74.8 Å². The number of likely N-dealkylation sites (tertiary alicyclic amines) is 1. The molecule has 0 spiro atoms. The topological polar surface area (TPSA) is 20.3 Å². The summed E-state index contributed by atoms with van der Waals surface area (Å²) in [6.45, 7) is 4.02. The molecule has 0 N–H and O–H groups in total. The van der Waals surface area contributed by atoms with Crippen molar-refractivity contribution in [2.24, 2.45) is 0 Å². The van der Waals surface area contributed by atoms with Gasteiger partial charge in [-0.25, -0.2) is 0 Å². The normalized spacial score (nSPS) is 14.7. The summed E-state index contributed by atoms with van der Waals surface area (Å²) in [6, 6.07) is 18.0. The summed E-state index contributed by atoms with van der Waals surface area (Å²) in [5, 5.41) is 0. The first-order valence-corrected chi connectivity index (χ1v) is 14.0. The number of unbranched alkanes of at least 4 members (excludes halogenated alkanes) is 7. The van der Waals surface area contributed by atoms with Gasteiger partial charge in [-0.2, -0.15) is 0 Å². The van der Waals surface area contributed by atoms with Crippen LogP contribution in [0.4, 0.5) is 0 Å². The summed E-state index contributed by atoms with van der Waals surface area (Å²) in [5.74, 6) is 1.24. The second-order valence-corrected chi connectivity index (χ2v) is 10.4. The third kappa shape index (κ3) is 10.8. The number of piperidine rings is 1. The number of thioether (sulfide) groups is 1. The van der Waals surface area contributed by atoms with Gasteiger partial charge in [0, 0.05) is 10.5 Å². The van der Waals surface area contributed by atoms with Gasteiger partial charge in [-0.3, -0.25) is 4.79 Å². The molecule has 2 nitrogen and oxygen atoms in total. The van der Waals surface area contributed by atoms with Gasteiger partial charge in [0.25, 0.3) is 0 Å². The Balaban J connectivity index is 1.17. The largest absolute Gasteiger partial charge is 0.303 e. The fraction of sp³-hybridized carbons (Fsp3) is 0.500. The van der Waals surface area contributed by atoms with E-state index in [0.717, 1.165) is 11.1 Å². The fourth-order valence-corrected chi connectivity index (χ4v) is 5.33. The number of rotatable bonds is 15. The van der Waals surface area contributed by atoms with Crippen LogP contribution < -0.4 is 0 Å². The zero-order valence-corrected chi connectivity index (χ0v) is 21.0. The molecule has 0 unspecified atom stereocenters. The van der Waals surface area contributed by atoms with Gasteiger partial charge in [0.05, 0.1) is 0 Å². The number of ketones is 1. The maximum absolute atomic E-state index is 12.2. The number of carbonyl (C=O) groups is 1. The van der Waals surface area contributed by atoms with E-state index >= 15 is 0 Å². The summed E-state index contributed by atoms with van der Waals surface area (Å²) in [6.07, 6.45) is 18.9. The molecular weight excluding hydrogens is 422 g/mol. The number of carbonyl (C=O) groups excluding carboxylic acids is 1. The minimum atomic E-state index is 0.0477. The van der Waals surface area contributed by atoms with Crippen molar-refractivity contribution in [1.82, 2.24) is 4.90 Å². The molecule has 0 bridgehead atoms. The molecule has 1 saturated heterocycles. The first-order chi connectivity index (χ1) is 16.3. The summed E-state index contributed by atoms with van der Waals surface area (Å²) in [4.78, 5) is 16.1. The Morgan fingerprint density at radius 1 is 0.758 bits per heavy atom. The first-order valence-electron chi connectivity index (χ1n) is 13.0. The Bertz CT molecular complexity index is 809. The van der Waals surface area contributed by atoms with Crippen molar-refractivity contribution in [3.05, 3.63) is 71.8 Å². The molecule has 2 aromatic rings. The van der Waals surface area contributed by atoms with E-state index in [-0.39, 0.29) is 5.78 Å². The highest BCUT2D eigenvalue weighted by Crippen LogP contribution is 2.21. The number of hydrogen-bond acceptors (Lipinski definition) is 3. The maximum atomic E-state index is 12.2. The van der Waals surface area contributed by atoms with E-state index in [0.29, 0.717) is 0 Å². The zero-order valence-electron chi connectivity index (χ0n) is 20.2. The van der Waals surface area contributed by atoms with E-state index in [1.807, 2.05) is 48.2 Å². The van der Waals surface area contributed by atoms with Crippen LogP contribution in [0.1, 0.15) is 86.6 Å². The fourth-order valence-electron chi connectivity index (χ4n) is 4.42. The molecule has 0 amide bonds. The molecule has 3 heteroatoms. The molecule has 178 valence electrons. The Hall–Kier alpha value is -1.84. The Morgan fingerprint density at radius 2 is 1.39 bits per heavy atom. The van der Waals surface area contributed by atoms with Gasteiger partial charge in [-0.15, -0.1) is 11.8 Å². The van der Waals surface area contributed by atoms with E-state index in [1.165, 1.54) is 101 Å². The Kier molecular flexibility index (Phi) is 12.4. The van der Waals surface area contributed by atoms with Crippen LogP contribution in [0.2, 0.25) is 0 Å². The lowest BCUT2D eigenvalue weighted by atomic mass is 10.1. The van der Waals surface area contributed by atoms with Crippen molar-refractivity contribution < 1.29 is 4.79 Å². The predicted molar refractivity (Wildman–Crippen MR) is 144 cm³/mol. The van der Waals surface area contributed by atoms with Crippen molar-refractivity contribution in [3.8, 4) is 0 Å². The van der Waals surface area contributed by atoms with Crippen LogP contribution in [0.15, 0.2) is 65.6 Å². The van der Waals surface area contributed by atoms with Crippen LogP contribution in [-0.4, -0.2) is 36.1 Å². The van der Waals surface area contributed by atoms with E-state index in [4.69, 9.17) is 0 Å². The molecule has 2 aromatic carbocycles. The lowest BCUT2D eigenvalue weighted by Gasteiger charge is -2.26. The lowest BCUT2D eigenvalue weighted by Crippen LogP contribution is -2.30. The molecule has 0 saturated carbocycles. The number of allylic oxidation sites excluding steroid dienone is 1. The highest BCUT2D eigenvalue weighted by atomic mass is 32.2. The average molecular weight is 464 g/mol. The van der Waals surface area contributed by atoms with Crippen molar-refractivity contribution in [2.45, 2.75) is 75.5 Å². The maximum Gasteiger partial charge on any atom is 0.185 e. The monoisotopic (exact) mass is 463 g/mol. The van der Waals surface area contributed by atoms with Gasteiger partial charge in [0.2, 0.25) is 0 Å². The van der Waals surface area contributed by atoms with E-state index in [9.17, 15) is 4.79 Å². The SMILES string of the molecule is O=C(/C=C/c1ccc(SCCCCCCCCCCN2CCCCC2)cc1)c1ccccc1. The van der Waals surface area contributed by atoms with Crippen LogP contribution in [-0.2, 0) is 0 Å². The van der Waals surface area contributed by atoms with Crippen LogP contribution in [0.25, 0.3) is 6.08 Å². The molecular formula is C30H41NOS. The molecule has 1 aliphatic rings. The molecule has 0 radical (unpaired) electrons. The summed E-state index contributed by atoms with van der Waals surface area (Å²) < 4.78 is 0. The Labute approximate surface area is 205 Å². The van der Waals surface area contributed by atoms with Crippen LogP contribution >= 0.6 is 11.8 Å². The third-order valence-corrected chi connectivity index (χ3v) is 7.55. The van der Waals surface area contributed by atoms with Crippen molar-refractivity contribution in [1.29, 1.82) is 0 Å². The minimum Gasteiger partial charge on any atom is -0.303 e. The minimum absolute atomic E-state index is 0.0477. The summed E-state index contributed by atoms with van der Waals surface area (Å²) in [5.41, 5.74) is 1.80. The zero-order chi connectivity index (χ0) is 23.0. The molecule has 33 heavy (non-hydrogen) atoms. The highest BCUT2D eigenvalue weighted by Gasteiger charge is 2.08. The van der Waals surface area contributed by atoms with Crippen LogP contribution in [0.5, 0.6) is 0 Å². The molecule has 0 aliphatic carbocycles. The molecule has 1 fully saturated rings. The Morgan fingerprint density at radius 3 is 2.09 bits per heavy atom. The average Bonchev–Trinajstić information content (AvgIpc) is 2.87. The quantitative estimate of drug-likeness (QED) is 0.115. The van der Waals surface area contributed by atoms with Gasteiger partial charge in [0.15, 0.2) is 5.78 Å². The van der Waals surface area contributed by atoms with Gasteiger partial charge < -0.3 is 4.90 Å². The molecule has 1 aliphatic heterocycles. The van der Waals surface area contributed by atoms with Gasteiger partial charge >= 0.3 is 0 Å². The molecule has 3 rings (SSSR count). The summed E-state index contributed by atoms with van der Waals surface area (Å²) in [7, 11) is 0. The van der Waals surface area contributed by atoms with Gasteiger partial charge in [-0.1, -0.05) is 93.5 Å². The first kappa shape index (κ1) is 25.8. The van der Waals surface area contributed by atoms with Crippen LogP contribution in [0.3, 0.4) is 0 Å². The van der Waals surface area contributed by atoms with E-state index in [1.54, 1.807) is 6.08 Å². The van der Waals surface area contributed by atoms with Crippen molar-refractivity contribution in [3.63, 3.8) is 0 Å². The highest BCUT2D eigenvalue weighted by molar-refractivity contribution is 7.99. The standard InChI is InChI=1S/C30H41NOS/c32-30(28-15-9-7-10-16-28)22-19-27-17-20-29(21-18-27)33-26-14-6-4-2-1-3-5-11-23-31-24-12-8-13-25-31/h7,9-10,15-22H,1-6,8,11-14,23-26H2/b22-19+. The number of nitrogens with zero attached hydrogens (tertiary/aromatic N) is 1. The second kappa shape index (κ2) is 15.9. The van der Waals surface area contributed by atoms with Gasteiger partial charge in [0.1, 0.15) is 0 Å². The second-order valence-electron chi connectivity index (χ2n) is 9.21. The predicted octanol–water partition coefficient (Wildman–Crippen LogP) is 8.28. The van der Waals surface area contributed by atoms with E-state index in [2.05, 4.69) is 29.2 Å². The lowest BCUT2D eigenvalue weighted by molar-refractivity contribution is 0.104. The number of benzene rings is 2. The number of hydrogen-bond donors (Lipinski definition) is 0. The van der Waals surface area contributed by atoms with E-state index < -0.39 is 0 Å². The molecule has 0 aromatic heterocycles. The van der Waals surface area contributed by atoms with Crippen LogP contribution in [0, 0.1) is 0 Å². The summed E-state index contributed by atoms with van der Waals surface area (Å²) >= 11 is 1.94. The smallest absolute Gasteiger partial charge is 0.185 e. The third-order valence-electron chi connectivity index (χ3n) is 6.45.